The Morgan fingerprint density at radius 3 is 2.88 bits per heavy atom. The van der Waals surface area contributed by atoms with Gasteiger partial charge in [0.2, 0.25) is 10.0 Å². The summed E-state index contributed by atoms with van der Waals surface area (Å²) in [6.07, 6.45) is 0. The van der Waals surface area contributed by atoms with Gasteiger partial charge in [-0.3, -0.25) is 0 Å². The SMILES string of the molecule is Cc1cc(CS(=O)(=O)NCCOCCO)no1. The molecule has 0 aromatic carbocycles. The molecule has 0 amide bonds. The molecule has 0 bridgehead atoms. The van der Waals surface area contributed by atoms with Gasteiger partial charge in [-0.05, 0) is 6.92 Å². The van der Waals surface area contributed by atoms with Crippen molar-refractivity contribution in [1.82, 2.24) is 9.88 Å². The summed E-state index contributed by atoms with van der Waals surface area (Å²) < 4.78 is 35.1. The fraction of sp³-hybridized carbons (Fsp3) is 0.667. The number of sulfonamides is 1. The Hall–Kier alpha value is -0.960. The molecular formula is C9H16N2O5S. The van der Waals surface area contributed by atoms with Gasteiger partial charge in [-0.25, -0.2) is 13.1 Å². The number of rotatable bonds is 8. The molecule has 0 atom stereocenters. The Kier molecular flexibility index (Phi) is 5.56. The first-order valence-electron chi connectivity index (χ1n) is 5.11. The molecule has 0 saturated carbocycles. The molecule has 0 aliphatic carbocycles. The van der Waals surface area contributed by atoms with Crippen LogP contribution in [0.15, 0.2) is 10.6 Å². The molecule has 8 heteroatoms. The maximum atomic E-state index is 11.5. The number of ether oxygens (including phenoxy) is 1. The summed E-state index contributed by atoms with van der Waals surface area (Å²) in [5.41, 5.74) is 0.367. The number of aryl methyl sites for hydroxylation is 1. The highest BCUT2D eigenvalue weighted by Gasteiger charge is 2.13. The van der Waals surface area contributed by atoms with Crippen LogP contribution in [-0.2, 0) is 20.5 Å². The van der Waals surface area contributed by atoms with Gasteiger partial charge in [0.25, 0.3) is 0 Å². The zero-order valence-corrected chi connectivity index (χ0v) is 10.4. The Bertz CT molecular complexity index is 428. The first-order chi connectivity index (χ1) is 8.03. The third-order valence-corrected chi connectivity index (χ3v) is 3.14. The highest BCUT2D eigenvalue weighted by Crippen LogP contribution is 2.05. The number of aliphatic hydroxyl groups is 1. The average Bonchev–Trinajstić information content (AvgIpc) is 2.62. The molecule has 7 nitrogen and oxygen atoms in total. The molecule has 1 heterocycles. The van der Waals surface area contributed by atoms with Crippen LogP contribution in [0.25, 0.3) is 0 Å². The molecule has 1 aromatic rings. The normalized spacial score (nSPS) is 11.9. The van der Waals surface area contributed by atoms with E-state index in [1.807, 2.05) is 0 Å². The number of aromatic nitrogens is 1. The van der Waals surface area contributed by atoms with Crippen LogP contribution in [0, 0.1) is 6.92 Å². The van der Waals surface area contributed by atoms with Crippen molar-refractivity contribution < 1.29 is 22.8 Å². The molecule has 0 saturated heterocycles. The number of aliphatic hydroxyl groups excluding tert-OH is 1. The highest BCUT2D eigenvalue weighted by molar-refractivity contribution is 7.88. The van der Waals surface area contributed by atoms with Crippen LogP contribution in [0.2, 0.25) is 0 Å². The van der Waals surface area contributed by atoms with E-state index in [-0.39, 0.29) is 32.1 Å². The maximum Gasteiger partial charge on any atom is 0.217 e. The summed E-state index contributed by atoms with van der Waals surface area (Å²) in [5, 5.41) is 12.0. The first-order valence-corrected chi connectivity index (χ1v) is 6.77. The highest BCUT2D eigenvalue weighted by atomic mass is 32.2. The van der Waals surface area contributed by atoms with E-state index in [0.717, 1.165) is 0 Å². The molecule has 0 aliphatic rings. The van der Waals surface area contributed by atoms with Crippen LogP contribution < -0.4 is 4.72 Å². The van der Waals surface area contributed by atoms with E-state index < -0.39 is 10.0 Å². The summed E-state index contributed by atoms with van der Waals surface area (Å²) in [5.74, 6) is 0.353. The lowest BCUT2D eigenvalue weighted by Crippen LogP contribution is -2.29. The Balaban J connectivity index is 2.31. The van der Waals surface area contributed by atoms with Crippen molar-refractivity contribution in [2.75, 3.05) is 26.4 Å². The van der Waals surface area contributed by atoms with Gasteiger partial charge in [0.1, 0.15) is 17.2 Å². The second kappa shape index (κ2) is 6.70. The van der Waals surface area contributed by atoms with E-state index in [9.17, 15) is 8.42 Å². The van der Waals surface area contributed by atoms with Gasteiger partial charge in [-0.15, -0.1) is 0 Å². The second-order valence-corrected chi connectivity index (χ2v) is 5.23. The molecule has 2 N–H and O–H groups in total. The molecule has 1 rings (SSSR count). The molecule has 0 unspecified atom stereocenters. The van der Waals surface area contributed by atoms with E-state index in [0.29, 0.717) is 11.5 Å². The lowest BCUT2D eigenvalue weighted by atomic mass is 10.4. The molecule has 0 spiro atoms. The third kappa shape index (κ3) is 5.78. The third-order valence-electron chi connectivity index (χ3n) is 1.82. The van der Waals surface area contributed by atoms with Crippen molar-refractivity contribution >= 4 is 10.0 Å². The molecule has 1 aromatic heterocycles. The van der Waals surface area contributed by atoms with Gasteiger partial charge in [0.05, 0.1) is 19.8 Å². The van der Waals surface area contributed by atoms with E-state index in [1.54, 1.807) is 13.0 Å². The van der Waals surface area contributed by atoms with Crippen molar-refractivity contribution in [3.8, 4) is 0 Å². The van der Waals surface area contributed by atoms with E-state index in [1.165, 1.54) is 0 Å². The molecule has 98 valence electrons. The summed E-state index contributed by atoms with van der Waals surface area (Å²) in [6.45, 7) is 2.20. The van der Waals surface area contributed by atoms with Crippen LogP contribution in [0.5, 0.6) is 0 Å². The lowest BCUT2D eigenvalue weighted by molar-refractivity contribution is 0.0961. The van der Waals surface area contributed by atoms with Gasteiger partial charge in [0, 0.05) is 12.6 Å². The number of hydrogen-bond donors (Lipinski definition) is 2. The number of nitrogens with one attached hydrogen (secondary N) is 1. The van der Waals surface area contributed by atoms with E-state index in [4.69, 9.17) is 14.4 Å². The molecule has 0 fully saturated rings. The predicted molar refractivity (Wildman–Crippen MR) is 59.8 cm³/mol. The van der Waals surface area contributed by atoms with Crippen molar-refractivity contribution in [2.45, 2.75) is 12.7 Å². The number of hydrogen-bond acceptors (Lipinski definition) is 6. The summed E-state index contributed by atoms with van der Waals surface area (Å²) >= 11 is 0. The Morgan fingerprint density at radius 1 is 1.53 bits per heavy atom. The second-order valence-electron chi connectivity index (χ2n) is 3.42. The molecule has 0 aliphatic heterocycles. The fourth-order valence-corrected chi connectivity index (χ4v) is 2.19. The van der Waals surface area contributed by atoms with Gasteiger partial charge < -0.3 is 14.4 Å². The maximum absolute atomic E-state index is 11.5. The van der Waals surface area contributed by atoms with Crippen LogP contribution in [0.3, 0.4) is 0 Å². The zero-order valence-electron chi connectivity index (χ0n) is 9.55. The van der Waals surface area contributed by atoms with Crippen molar-refractivity contribution in [3.05, 3.63) is 17.5 Å². The summed E-state index contributed by atoms with van der Waals surface area (Å²) in [4.78, 5) is 0. The van der Waals surface area contributed by atoms with E-state index >= 15 is 0 Å². The topological polar surface area (TPSA) is 102 Å². The van der Waals surface area contributed by atoms with Crippen LogP contribution in [0.4, 0.5) is 0 Å². The minimum absolute atomic E-state index is 0.0784. The van der Waals surface area contributed by atoms with Crippen molar-refractivity contribution in [3.63, 3.8) is 0 Å². The summed E-state index contributed by atoms with van der Waals surface area (Å²) in [6, 6.07) is 1.57. The van der Waals surface area contributed by atoms with E-state index in [2.05, 4.69) is 9.88 Å². The van der Waals surface area contributed by atoms with Gasteiger partial charge in [-0.2, -0.15) is 0 Å². The predicted octanol–water partition coefficient (Wildman–Crippen LogP) is -0.589. The summed E-state index contributed by atoms with van der Waals surface area (Å²) in [7, 11) is -3.42. The fourth-order valence-electron chi connectivity index (χ4n) is 1.17. The quantitative estimate of drug-likeness (QED) is 0.609. The first kappa shape index (κ1) is 14.1. The van der Waals surface area contributed by atoms with Gasteiger partial charge in [0.15, 0.2) is 0 Å². The van der Waals surface area contributed by atoms with Gasteiger partial charge in [-0.1, -0.05) is 5.16 Å². The number of nitrogens with zero attached hydrogens (tertiary/aromatic N) is 1. The van der Waals surface area contributed by atoms with Crippen LogP contribution in [-0.4, -0.2) is 45.0 Å². The zero-order chi connectivity index (χ0) is 12.7. The molecule has 17 heavy (non-hydrogen) atoms. The van der Waals surface area contributed by atoms with Crippen LogP contribution >= 0.6 is 0 Å². The largest absolute Gasteiger partial charge is 0.394 e. The van der Waals surface area contributed by atoms with Crippen LogP contribution in [0.1, 0.15) is 11.5 Å². The van der Waals surface area contributed by atoms with Crippen molar-refractivity contribution in [2.24, 2.45) is 0 Å². The smallest absolute Gasteiger partial charge is 0.217 e. The minimum atomic E-state index is -3.42. The molecule has 0 radical (unpaired) electrons. The monoisotopic (exact) mass is 264 g/mol. The molecular weight excluding hydrogens is 248 g/mol. The minimum Gasteiger partial charge on any atom is -0.394 e. The Labute approximate surface area is 99.8 Å². The van der Waals surface area contributed by atoms with Gasteiger partial charge >= 0.3 is 0 Å². The standard InChI is InChI=1S/C9H16N2O5S/c1-8-6-9(11-16-8)7-17(13,14)10-2-4-15-5-3-12/h6,10,12H,2-5,7H2,1H3. The average molecular weight is 264 g/mol. The Morgan fingerprint density at radius 2 is 2.29 bits per heavy atom. The lowest BCUT2D eigenvalue weighted by Gasteiger charge is -2.05. The van der Waals surface area contributed by atoms with Crippen molar-refractivity contribution in [1.29, 1.82) is 0 Å².